The Morgan fingerprint density at radius 1 is 1.19 bits per heavy atom. The molecule has 176 valence electrons. The minimum Gasteiger partial charge on any atom is -0.489 e. The molecule has 0 aliphatic carbocycles. The number of ether oxygens (including phenoxy) is 1. The zero-order valence-electron chi connectivity index (χ0n) is 20.1. The van der Waals surface area contributed by atoms with Gasteiger partial charge < -0.3 is 14.5 Å². The molecular formula is C26H39N3O3. The highest BCUT2D eigenvalue weighted by molar-refractivity contribution is 5.79. The summed E-state index contributed by atoms with van der Waals surface area (Å²) in [7, 11) is 0. The van der Waals surface area contributed by atoms with Crippen LogP contribution in [0.5, 0.6) is 5.75 Å². The Labute approximate surface area is 193 Å². The highest BCUT2D eigenvalue weighted by Crippen LogP contribution is 2.29. The van der Waals surface area contributed by atoms with Gasteiger partial charge in [-0.1, -0.05) is 30.4 Å². The number of benzene rings is 1. The predicted octanol–water partition coefficient (Wildman–Crippen LogP) is 3.57. The van der Waals surface area contributed by atoms with E-state index in [0.29, 0.717) is 32.7 Å². The molecule has 6 nitrogen and oxygen atoms in total. The quantitative estimate of drug-likeness (QED) is 0.656. The number of hydrogen-bond donors (Lipinski definition) is 0. The van der Waals surface area contributed by atoms with Crippen LogP contribution >= 0.6 is 0 Å². The third kappa shape index (κ3) is 6.12. The van der Waals surface area contributed by atoms with Crippen molar-refractivity contribution < 1.29 is 14.3 Å². The van der Waals surface area contributed by atoms with E-state index in [1.807, 2.05) is 41.8 Å². The summed E-state index contributed by atoms with van der Waals surface area (Å²) in [6.07, 6.45) is 5.62. The lowest BCUT2D eigenvalue weighted by Gasteiger charge is -2.39. The average Bonchev–Trinajstić information content (AvgIpc) is 2.79. The molecule has 1 fully saturated rings. The summed E-state index contributed by atoms with van der Waals surface area (Å²) < 4.78 is 6.10. The molecular weight excluding hydrogens is 402 g/mol. The van der Waals surface area contributed by atoms with Gasteiger partial charge in [-0.15, -0.1) is 0 Å². The van der Waals surface area contributed by atoms with Crippen LogP contribution in [0.1, 0.15) is 46.1 Å². The fourth-order valence-corrected chi connectivity index (χ4v) is 4.72. The zero-order chi connectivity index (χ0) is 23.1. The van der Waals surface area contributed by atoms with E-state index < -0.39 is 0 Å². The molecule has 2 bridgehead atoms. The minimum absolute atomic E-state index is 0.166. The molecule has 3 rings (SSSR count). The lowest BCUT2D eigenvalue weighted by atomic mass is 9.82. The standard InChI is InChI=1S/C26H39N3O3/c1-5-27(6-2)25(30)16-21-13-14-28-17-22(21)11-9-15-32-24-12-8-7-10-23(24)18-29(20(3)4)19-26(28)31/h7-12,20-22H,5-6,13-19H2,1-4H3/b11-9-/t21-,22-/m0/s1. The number of carbonyl (C=O) groups is 2. The predicted molar refractivity (Wildman–Crippen MR) is 127 cm³/mol. The van der Waals surface area contributed by atoms with Crippen molar-refractivity contribution in [3.63, 3.8) is 0 Å². The Bertz CT molecular complexity index is 803. The Morgan fingerprint density at radius 2 is 1.94 bits per heavy atom. The van der Waals surface area contributed by atoms with Crippen LogP contribution in [0.25, 0.3) is 0 Å². The molecule has 0 radical (unpaired) electrons. The number of hydrogen-bond acceptors (Lipinski definition) is 4. The molecule has 2 heterocycles. The number of fused-ring (bicyclic) bond motifs is 3. The molecule has 0 spiro atoms. The topological polar surface area (TPSA) is 53.1 Å². The number of para-hydroxylation sites is 1. The van der Waals surface area contributed by atoms with Gasteiger partial charge in [0.15, 0.2) is 0 Å². The van der Waals surface area contributed by atoms with Crippen molar-refractivity contribution in [3.05, 3.63) is 42.0 Å². The van der Waals surface area contributed by atoms with Gasteiger partial charge in [0.1, 0.15) is 12.4 Å². The molecule has 0 unspecified atom stereocenters. The summed E-state index contributed by atoms with van der Waals surface area (Å²) >= 11 is 0. The van der Waals surface area contributed by atoms with Crippen LogP contribution in [0.4, 0.5) is 0 Å². The van der Waals surface area contributed by atoms with Crippen molar-refractivity contribution in [2.45, 2.75) is 53.1 Å². The minimum atomic E-state index is 0.166. The van der Waals surface area contributed by atoms with E-state index in [1.54, 1.807) is 0 Å². The van der Waals surface area contributed by atoms with Crippen LogP contribution in [0.15, 0.2) is 36.4 Å². The van der Waals surface area contributed by atoms with E-state index >= 15 is 0 Å². The maximum atomic E-state index is 13.2. The third-order valence-corrected chi connectivity index (χ3v) is 6.85. The van der Waals surface area contributed by atoms with Crippen molar-refractivity contribution >= 4 is 11.8 Å². The summed E-state index contributed by atoms with van der Waals surface area (Å²) in [6, 6.07) is 8.32. The smallest absolute Gasteiger partial charge is 0.236 e. The van der Waals surface area contributed by atoms with Crippen molar-refractivity contribution in [2.75, 3.05) is 39.3 Å². The normalized spacial score (nSPS) is 23.4. The first kappa shape index (κ1) is 24.3. The summed E-state index contributed by atoms with van der Waals surface area (Å²) in [5, 5.41) is 0. The lowest BCUT2D eigenvalue weighted by molar-refractivity contribution is -0.136. The molecule has 6 heteroatoms. The molecule has 0 saturated carbocycles. The van der Waals surface area contributed by atoms with Gasteiger partial charge in [0.25, 0.3) is 0 Å². The highest BCUT2D eigenvalue weighted by Gasteiger charge is 2.33. The van der Waals surface area contributed by atoms with Crippen LogP contribution in [-0.2, 0) is 16.1 Å². The van der Waals surface area contributed by atoms with Gasteiger partial charge in [0, 0.05) is 50.7 Å². The molecule has 2 aliphatic rings. The molecule has 2 atom stereocenters. The van der Waals surface area contributed by atoms with Crippen LogP contribution in [0.3, 0.4) is 0 Å². The first-order valence-corrected chi connectivity index (χ1v) is 12.1. The molecule has 0 N–H and O–H groups in total. The fourth-order valence-electron chi connectivity index (χ4n) is 4.72. The molecule has 1 aromatic carbocycles. The Hall–Kier alpha value is -2.34. The average molecular weight is 442 g/mol. The van der Waals surface area contributed by atoms with E-state index in [1.165, 1.54) is 0 Å². The number of amides is 2. The molecule has 2 amide bonds. The Balaban J connectivity index is 1.82. The van der Waals surface area contributed by atoms with Crippen LogP contribution < -0.4 is 4.74 Å². The van der Waals surface area contributed by atoms with Gasteiger partial charge in [-0.25, -0.2) is 0 Å². The maximum absolute atomic E-state index is 13.2. The van der Waals surface area contributed by atoms with Gasteiger partial charge in [-0.05, 0) is 52.0 Å². The van der Waals surface area contributed by atoms with Gasteiger partial charge in [-0.2, -0.15) is 0 Å². The summed E-state index contributed by atoms with van der Waals surface area (Å²) in [4.78, 5) is 32.1. The van der Waals surface area contributed by atoms with E-state index in [2.05, 4.69) is 37.0 Å². The maximum Gasteiger partial charge on any atom is 0.236 e. The largest absolute Gasteiger partial charge is 0.489 e. The van der Waals surface area contributed by atoms with Crippen molar-refractivity contribution in [2.24, 2.45) is 11.8 Å². The first-order valence-electron chi connectivity index (χ1n) is 12.1. The number of nitrogens with zero attached hydrogens (tertiary/aromatic N) is 3. The van der Waals surface area contributed by atoms with Gasteiger partial charge in [0.05, 0.1) is 6.54 Å². The molecule has 1 saturated heterocycles. The second-order valence-electron chi connectivity index (χ2n) is 9.17. The van der Waals surface area contributed by atoms with E-state index in [9.17, 15) is 9.59 Å². The zero-order valence-corrected chi connectivity index (χ0v) is 20.1. The van der Waals surface area contributed by atoms with E-state index in [-0.39, 0.29) is 29.7 Å². The van der Waals surface area contributed by atoms with Crippen LogP contribution in [0, 0.1) is 11.8 Å². The second kappa shape index (κ2) is 11.5. The summed E-state index contributed by atoms with van der Waals surface area (Å²) in [6.45, 7) is 12.7. The van der Waals surface area contributed by atoms with Gasteiger partial charge in [0.2, 0.25) is 11.8 Å². The highest BCUT2D eigenvalue weighted by atomic mass is 16.5. The molecule has 0 aromatic heterocycles. The summed E-state index contributed by atoms with van der Waals surface area (Å²) in [5.41, 5.74) is 1.10. The van der Waals surface area contributed by atoms with Crippen molar-refractivity contribution in [1.29, 1.82) is 0 Å². The van der Waals surface area contributed by atoms with E-state index in [0.717, 1.165) is 37.4 Å². The fraction of sp³-hybridized carbons (Fsp3) is 0.615. The SMILES string of the molecule is CCN(CC)C(=O)C[C@@H]1CCN2C[C@@H]1/C=C\COc1ccccc1CN(C(C)C)CC2=O. The van der Waals surface area contributed by atoms with Crippen molar-refractivity contribution in [1.82, 2.24) is 14.7 Å². The Morgan fingerprint density at radius 3 is 2.66 bits per heavy atom. The third-order valence-electron chi connectivity index (χ3n) is 6.85. The van der Waals surface area contributed by atoms with Gasteiger partial charge in [-0.3, -0.25) is 14.5 Å². The second-order valence-corrected chi connectivity index (χ2v) is 9.17. The Kier molecular flexibility index (Phi) is 8.74. The van der Waals surface area contributed by atoms with Gasteiger partial charge >= 0.3 is 0 Å². The first-order chi connectivity index (χ1) is 15.4. The lowest BCUT2D eigenvalue weighted by Crippen LogP contribution is -2.48. The van der Waals surface area contributed by atoms with Crippen molar-refractivity contribution in [3.8, 4) is 5.75 Å². The number of carbonyl (C=O) groups excluding carboxylic acids is 2. The van der Waals surface area contributed by atoms with E-state index in [4.69, 9.17) is 4.74 Å². The summed E-state index contributed by atoms with van der Waals surface area (Å²) in [5.74, 6) is 1.67. The van der Waals surface area contributed by atoms with Crippen LogP contribution in [0.2, 0.25) is 0 Å². The molecule has 1 aromatic rings. The number of rotatable bonds is 5. The molecule has 2 aliphatic heterocycles. The molecule has 32 heavy (non-hydrogen) atoms. The number of piperidine rings is 1. The van der Waals surface area contributed by atoms with Crippen LogP contribution in [-0.4, -0.2) is 71.9 Å². The monoisotopic (exact) mass is 441 g/mol.